The molecule has 1 unspecified atom stereocenters. The fourth-order valence-electron chi connectivity index (χ4n) is 4.51. The highest BCUT2D eigenvalue weighted by atomic mass is 19.1. The number of H-pyrrole nitrogens is 1. The van der Waals surface area contributed by atoms with Gasteiger partial charge in [-0.05, 0) is 29.8 Å². The van der Waals surface area contributed by atoms with E-state index in [4.69, 9.17) is 4.74 Å². The summed E-state index contributed by atoms with van der Waals surface area (Å²) in [5, 5.41) is 10.7. The summed E-state index contributed by atoms with van der Waals surface area (Å²) in [6, 6.07) is 11.6. The van der Waals surface area contributed by atoms with Gasteiger partial charge in [0.1, 0.15) is 29.9 Å². The molecule has 11 heteroatoms. The molecule has 0 radical (unpaired) electrons. The average molecular weight is 489 g/mol. The Morgan fingerprint density at radius 2 is 2.06 bits per heavy atom. The average Bonchev–Trinajstić information content (AvgIpc) is 3.39. The Morgan fingerprint density at radius 3 is 2.92 bits per heavy atom. The van der Waals surface area contributed by atoms with Crippen molar-refractivity contribution in [2.24, 2.45) is 0 Å². The van der Waals surface area contributed by atoms with E-state index in [1.807, 2.05) is 31.3 Å². The van der Waals surface area contributed by atoms with E-state index >= 15 is 0 Å². The number of pyridine rings is 1. The van der Waals surface area contributed by atoms with Crippen molar-refractivity contribution in [3.63, 3.8) is 0 Å². The van der Waals surface area contributed by atoms with Gasteiger partial charge < -0.3 is 15.0 Å². The number of hydrogen-bond acceptors (Lipinski definition) is 7. The van der Waals surface area contributed by atoms with Crippen molar-refractivity contribution in [3.8, 4) is 11.4 Å². The summed E-state index contributed by atoms with van der Waals surface area (Å²) in [6.07, 6.45) is 2.79. The van der Waals surface area contributed by atoms with Gasteiger partial charge in [0.05, 0.1) is 35.2 Å². The third-order valence-corrected chi connectivity index (χ3v) is 6.25. The highest BCUT2D eigenvalue weighted by Gasteiger charge is 2.24. The first-order chi connectivity index (χ1) is 17.5. The van der Waals surface area contributed by atoms with E-state index in [9.17, 15) is 13.6 Å². The van der Waals surface area contributed by atoms with Crippen molar-refractivity contribution >= 4 is 33.6 Å². The second kappa shape index (κ2) is 8.59. The van der Waals surface area contributed by atoms with Crippen molar-refractivity contribution in [2.45, 2.75) is 12.8 Å². The van der Waals surface area contributed by atoms with Gasteiger partial charge in [0.2, 0.25) is 5.95 Å². The highest BCUT2D eigenvalue weighted by molar-refractivity contribution is 6.02. The van der Waals surface area contributed by atoms with E-state index in [2.05, 4.69) is 30.4 Å². The summed E-state index contributed by atoms with van der Waals surface area (Å²) in [5.41, 5.74) is 1.15. The summed E-state index contributed by atoms with van der Waals surface area (Å²) in [6.45, 7) is 0.247. The predicted octanol–water partition coefficient (Wildman–Crippen LogP) is 3.57. The summed E-state index contributed by atoms with van der Waals surface area (Å²) in [4.78, 5) is 24.4. The van der Waals surface area contributed by atoms with Crippen LogP contribution < -0.4 is 20.5 Å². The molecule has 0 saturated heterocycles. The van der Waals surface area contributed by atoms with Crippen molar-refractivity contribution in [3.05, 3.63) is 76.6 Å². The van der Waals surface area contributed by atoms with Crippen LogP contribution in [0, 0.1) is 5.82 Å². The molecule has 5 aromatic rings. The normalized spacial score (nSPS) is 15.2. The van der Waals surface area contributed by atoms with Gasteiger partial charge in [0, 0.05) is 19.4 Å². The molecule has 1 atom stereocenters. The van der Waals surface area contributed by atoms with Crippen LogP contribution in [0.25, 0.3) is 27.6 Å². The Bertz CT molecular complexity index is 1670. The van der Waals surface area contributed by atoms with Crippen LogP contribution in [-0.4, -0.2) is 51.0 Å². The number of halogens is 2. The van der Waals surface area contributed by atoms with E-state index in [-0.39, 0.29) is 34.3 Å². The van der Waals surface area contributed by atoms with Crippen LogP contribution in [0.5, 0.6) is 5.75 Å². The molecule has 0 bridgehead atoms. The van der Waals surface area contributed by atoms with E-state index in [0.29, 0.717) is 24.0 Å². The Balaban J connectivity index is 1.40. The van der Waals surface area contributed by atoms with Crippen LogP contribution in [0.4, 0.5) is 20.4 Å². The van der Waals surface area contributed by atoms with Gasteiger partial charge in [-0.3, -0.25) is 14.5 Å². The molecule has 2 aromatic carbocycles. The van der Waals surface area contributed by atoms with Crippen LogP contribution in [0.3, 0.4) is 0 Å². The number of hydrogen-bond donors (Lipinski definition) is 2. The topological polar surface area (TPSA) is 101 Å². The van der Waals surface area contributed by atoms with E-state index in [0.717, 1.165) is 22.1 Å². The first-order valence-electron chi connectivity index (χ1n) is 11.3. The Kier molecular flexibility index (Phi) is 5.24. The van der Waals surface area contributed by atoms with Gasteiger partial charge in [-0.2, -0.15) is 10.1 Å². The molecule has 1 aliphatic heterocycles. The van der Waals surface area contributed by atoms with Gasteiger partial charge in [-0.1, -0.05) is 18.2 Å². The maximum Gasteiger partial charge on any atom is 0.267 e. The van der Waals surface area contributed by atoms with Crippen LogP contribution in [0.15, 0.2) is 59.7 Å². The van der Waals surface area contributed by atoms with Crippen molar-refractivity contribution in [1.29, 1.82) is 0 Å². The number of aromatic nitrogens is 5. The standard InChI is InChI=1S/C25H21F2N7O2/c1-33-13-15(36-21-5-3-2-4-19(21)33)10-28-25-29-11-16-22-17(12-30-32-22)24(35)34(23(16)31-25)20-8-14(9-26)6-7-18(20)27/h2-8,11-12,15H,9-10,13H2,1H3,(H,30,32)(H,28,29,31). The van der Waals surface area contributed by atoms with Crippen LogP contribution in [0.1, 0.15) is 5.56 Å². The molecule has 0 spiro atoms. The lowest BCUT2D eigenvalue weighted by molar-refractivity contribution is 0.208. The van der Waals surface area contributed by atoms with Crippen LogP contribution >= 0.6 is 0 Å². The number of benzene rings is 2. The minimum Gasteiger partial charge on any atom is -0.485 e. The molecule has 36 heavy (non-hydrogen) atoms. The number of nitrogens with one attached hydrogen (secondary N) is 2. The molecule has 0 aliphatic carbocycles. The SMILES string of the molecule is CN1CC(CNc2ncc3c4n[nH]cc4c(=O)n(-c4cc(CF)ccc4F)c3n2)Oc2ccccc21. The van der Waals surface area contributed by atoms with Crippen molar-refractivity contribution in [1.82, 2.24) is 24.7 Å². The molecule has 3 aromatic heterocycles. The number of fused-ring (bicyclic) bond motifs is 4. The summed E-state index contributed by atoms with van der Waals surface area (Å²) in [5.74, 6) is 0.344. The second-order valence-corrected chi connectivity index (χ2v) is 8.61. The van der Waals surface area contributed by atoms with Gasteiger partial charge in [-0.25, -0.2) is 13.8 Å². The minimum absolute atomic E-state index is 0.0956. The zero-order valence-corrected chi connectivity index (χ0v) is 19.2. The van der Waals surface area contributed by atoms with Gasteiger partial charge in [0.15, 0.2) is 5.65 Å². The molecule has 9 nitrogen and oxygen atoms in total. The zero-order chi connectivity index (χ0) is 24.8. The number of anilines is 2. The monoisotopic (exact) mass is 489 g/mol. The molecule has 4 heterocycles. The number of aromatic amines is 1. The third kappa shape index (κ3) is 3.60. The molecule has 6 rings (SSSR count). The summed E-state index contributed by atoms with van der Waals surface area (Å²) in [7, 11) is 1.99. The molecular weight excluding hydrogens is 468 g/mol. The molecule has 182 valence electrons. The number of para-hydroxylation sites is 2. The van der Waals surface area contributed by atoms with Crippen LogP contribution in [-0.2, 0) is 6.67 Å². The van der Waals surface area contributed by atoms with Crippen LogP contribution in [0.2, 0.25) is 0 Å². The molecule has 0 saturated carbocycles. The molecule has 1 aliphatic rings. The molecule has 0 amide bonds. The van der Waals surface area contributed by atoms with Gasteiger partial charge in [-0.15, -0.1) is 0 Å². The smallest absolute Gasteiger partial charge is 0.267 e. The highest BCUT2D eigenvalue weighted by Crippen LogP contribution is 2.32. The number of alkyl halides is 1. The van der Waals surface area contributed by atoms with Gasteiger partial charge >= 0.3 is 0 Å². The largest absolute Gasteiger partial charge is 0.485 e. The van der Waals surface area contributed by atoms with Crippen molar-refractivity contribution < 1.29 is 13.5 Å². The third-order valence-electron chi connectivity index (χ3n) is 6.25. The van der Waals surface area contributed by atoms with E-state index < -0.39 is 18.1 Å². The number of likely N-dealkylation sites (N-methyl/N-ethyl adjacent to an activating group) is 1. The fourth-order valence-corrected chi connectivity index (χ4v) is 4.51. The molecule has 2 N–H and O–H groups in total. The first-order valence-corrected chi connectivity index (χ1v) is 11.3. The Labute approximate surface area is 203 Å². The Hall–Kier alpha value is -4.54. The maximum absolute atomic E-state index is 14.9. The second-order valence-electron chi connectivity index (χ2n) is 8.61. The van der Waals surface area contributed by atoms with Gasteiger partial charge in [0.25, 0.3) is 5.56 Å². The minimum atomic E-state index is -0.797. The number of nitrogens with zero attached hydrogens (tertiary/aromatic N) is 5. The lowest BCUT2D eigenvalue weighted by Crippen LogP contribution is -2.41. The first kappa shape index (κ1) is 22.0. The summed E-state index contributed by atoms with van der Waals surface area (Å²) >= 11 is 0. The van der Waals surface area contributed by atoms with Crippen molar-refractivity contribution in [2.75, 3.05) is 30.4 Å². The lowest BCUT2D eigenvalue weighted by Gasteiger charge is -2.33. The molecular formula is C25H21F2N7O2. The molecule has 0 fully saturated rings. The predicted molar refractivity (Wildman–Crippen MR) is 132 cm³/mol. The Morgan fingerprint density at radius 1 is 1.19 bits per heavy atom. The quantitative estimate of drug-likeness (QED) is 0.389. The number of ether oxygens (including phenoxy) is 1. The zero-order valence-electron chi connectivity index (χ0n) is 19.2. The lowest BCUT2D eigenvalue weighted by atomic mass is 10.2. The maximum atomic E-state index is 14.9. The van der Waals surface area contributed by atoms with E-state index in [1.165, 1.54) is 24.5 Å². The summed E-state index contributed by atoms with van der Waals surface area (Å²) < 4.78 is 35.5. The fraction of sp³-hybridized carbons (Fsp3) is 0.200. The van der Waals surface area contributed by atoms with E-state index in [1.54, 1.807) is 0 Å². The number of rotatable bonds is 5.